The Hall–Kier alpha value is -1.78. The molecule has 1 aliphatic heterocycles. The Labute approximate surface area is 207 Å². The molecular formula is C27H34ClO5P. The molecule has 184 valence electrons. The van der Waals surface area contributed by atoms with Crippen molar-refractivity contribution < 1.29 is 23.2 Å². The molecule has 0 bridgehead atoms. The number of phosphoric ester groups is 1. The molecule has 1 heterocycles. The van der Waals surface area contributed by atoms with E-state index in [4.69, 9.17) is 25.2 Å². The van der Waals surface area contributed by atoms with Gasteiger partial charge in [0.15, 0.2) is 0 Å². The van der Waals surface area contributed by atoms with E-state index < -0.39 is 13.9 Å². The number of hydrogen-bond donors (Lipinski definition) is 1. The third-order valence-corrected chi connectivity index (χ3v) is 8.18. The highest BCUT2D eigenvalue weighted by molar-refractivity contribution is 7.49. The molecule has 3 unspecified atom stereocenters. The van der Waals surface area contributed by atoms with E-state index >= 15 is 0 Å². The lowest BCUT2D eigenvalue weighted by atomic mass is 9.84. The van der Waals surface area contributed by atoms with E-state index in [9.17, 15) is 9.67 Å². The Bertz CT molecular complexity index is 1080. The SMILES string of the molecule is CCCCCc1cc(O)c(C2C=C(C)CCC2)c(OP2(=O)OCCC(c3cccc(Cl)c3)O2)c1. The smallest absolute Gasteiger partial charge is 0.507 e. The van der Waals surface area contributed by atoms with Gasteiger partial charge in [0, 0.05) is 22.9 Å². The summed E-state index contributed by atoms with van der Waals surface area (Å²) in [4.78, 5) is 0. The fourth-order valence-electron chi connectivity index (χ4n) is 4.79. The molecular weight excluding hydrogens is 471 g/mol. The summed E-state index contributed by atoms with van der Waals surface area (Å²) in [5.41, 5.74) is 3.73. The number of halogens is 1. The molecule has 1 aliphatic carbocycles. The van der Waals surface area contributed by atoms with Crippen molar-refractivity contribution in [3.63, 3.8) is 0 Å². The molecule has 1 saturated heterocycles. The Morgan fingerprint density at radius 1 is 1.21 bits per heavy atom. The Balaban J connectivity index is 1.65. The third kappa shape index (κ3) is 6.26. The van der Waals surface area contributed by atoms with Gasteiger partial charge in [-0.25, -0.2) is 4.57 Å². The lowest BCUT2D eigenvalue weighted by Gasteiger charge is -2.31. The second-order valence-corrected chi connectivity index (χ2v) is 11.3. The molecule has 3 atom stereocenters. The second kappa shape index (κ2) is 11.3. The van der Waals surface area contributed by atoms with E-state index in [0.29, 0.717) is 22.8 Å². The van der Waals surface area contributed by atoms with Crippen molar-refractivity contribution in [3.8, 4) is 11.5 Å². The molecule has 2 aromatic rings. The summed E-state index contributed by atoms with van der Waals surface area (Å²) in [5, 5.41) is 11.6. The largest absolute Gasteiger partial charge is 0.530 e. The number of aromatic hydroxyl groups is 1. The summed E-state index contributed by atoms with van der Waals surface area (Å²) in [7, 11) is -3.91. The van der Waals surface area contributed by atoms with E-state index in [2.05, 4.69) is 19.9 Å². The van der Waals surface area contributed by atoms with Gasteiger partial charge >= 0.3 is 7.82 Å². The number of phosphoric acid groups is 1. The Kier molecular flexibility index (Phi) is 8.42. The molecule has 1 N–H and O–H groups in total. The molecule has 2 aliphatic rings. The minimum atomic E-state index is -3.91. The van der Waals surface area contributed by atoms with Gasteiger partial charge in [-0.2, -0.15) is 0 Å². The van der Waals surface area contributed by atoms with Crippen molar-refractivity contribution in [1.82, 2.24) is 0 Å². The van der Waals surface area contributed by atoms with Gasteiger partial charge in [0.25, 0.3) is 0 Å². The lowest BCUT2D eigenvalue weighted by Crippen LogP contribution is -2.17. The van der Waals surface area contributed by atoms with Crippen LogP contribution in [0.3, 0.4) is 0 Å². The van der Waals surface area contributed by atoms with Crippen LogP contribution in [0.1, 0.15) is 87.5 Å². The monoisotopic (exact) mass is 504 g/mol. The predicted molar refractivity (Wildman–Crippen MR) is 136 cm³/mol. The number of hydrogen-bond acceptors (Lipinski definition) is 5. The second-order valence-electron chi connectivity index (χ2n) is 9.31. The van der Waals surface area contributed by atoms with Crippen LogP contribution in [-0.2, 0) is 20.0 Å². The molecule has 4 rings (SSSR count). The van der Waals surface area contributed by atoms with Crippen LogP contribution < -0.4 is 4.52 Å². The maximum atomic E-state index is 13.7. The molecule has 7 heteroatoms. The van der Waals surface area contributed by atoms with Crippen molar-refractivity contribution in [2.75, 3.05) is 6.61 Å². The van der Waals surface area contributed by atoms with Crippen LogP contribution in [0.5, 0.6) is 11.5 Å². The average molecular weight is 505 g/mol. The van der Waals surface area contributed by atoms with Gasteiger partial charge < -0.3 is 9.63 Å². The number of aryl methyl sites for hydroxylation is 1. The Morgan fingerprint density at radius 2 is 2.06 bits per heavy atom. The van der Waals surface area contributed by atoms with Crippen LogP contribution in [0.4, 0.5) is 0 Å². The van der Waals surface area contributed by atoms with E-state index in [1.807, 2.05) is 30.3 Å². The molecule has 1 fully saturated rings. The summed E-state index contributed by atoms with van der Waals surface area (Å²) in [6.45, 7) is 4.51. The first-order valence-corrected chi connectivity index (χ1v) is 14.1. The van der Waals surface area contributed by atoms with Crippen molar-refractivity contribution in [2.24, 2.45) is 0 Å². The van der Waals surface area contributed by atoms with Crippen LogP contribution in [0.25, 0.3) is 0 Å². The summed E-state index contributed by atoms with van der Waals surface area (Å²) >= 11 is 6.15. The van der Waals surface area contributed by atoms with E-state index in [0.717, 1.165) is 56.1 Å². The van der Waals surface area contributed by atoms with Gasteiger partial charge in [0.1, 0.15) is 11.5 Å². The van der Waals surface area contributed by atoms with Gasteiger partial charge in [-0.05, 0) is 74.4 Å². The molecule has 0 amide bonds. The Morgan fingerprint density at radius 3 is 2.82 bits per heavy atom. The maximum absolute atomic E-state index is 13.7. The molecule has 0 radical (unpaired) electrons. The fraction of sp³-hybridized carbons (Fsp3) is 0.481. The molecule has 2 aromatic carbocycles. The zero-order valence-corrected chi connectivity index (χ0v) is 21.6. The van der Waals surface area contributed by atoms with Crippen LogP contribution >= 0.6 is 19.4 Å². The van der Waals surface area contributed by atoms with Gasteiger partial charge in [-0.15, -0.1) is 0 Å². The van der Waals surface area contributed by atoms with Crippen LogP contribution in [0, 0.1) is 0 Å². The highest BCUT2D eigenvalue weighted by atomic mass is 35.5. The molecule has 0 saturated carbocycles. The number of phenolic OH excluding ortho intramolecular Hbond substituents is 1. The van der Waals surface area contributed by atoms with Gasteiger partial charge in [-0.1, -0.05) is 55.1 Å². The summed E-state index contributed by atoms with van der Waals surface area (Å²) < 4.78 is 31.2. The number of rotatable bonds is 8. The molecule has 5 nitrogen and oxygen atoms in total. The zero-order chi connectivity index (χ0) is 24.1. The minimum Gasteiger partial charge on any atom is -0.507 e. The van der Waals surface area contributed by atoms with Gasteiger partial charge in [-0.3, -0.25) is 9.05 Å². The molecule has 0 aromatic heterocycles. The van der Waals surface area contributed by atoms with Gasteiger partial charge in [0.05, 0.1) is 12.7 Å². The number of unbranched alkanes of at least 4 members (excludes halogenated alkanes) is 2. The number of allylic oxidation sites excluding steroid dienone is 2. The topological polar surface area (TPSA) is 65.0 Å². The van der Waals surface area contributed by atoms with Crippen molar-refractivity contribution in [3.05, 3.63) is 69.8 Å². The minimum absolute atomic E-state index is 0.00596. The summed E-state index contributed by atoms with van der Waals surface area (Å²) in [5.74, 6) is 0.557. The summed E-state index contributed by atoms with van der Waals surface area (Å²) in [6, 6.07) is 11.1. The van der Waals surface area contributed by atoms with Crippen molar-refractivity contribution >= 4 is 19.4 Å². The van der Waals surface area contributed by atoms with E-state index in [1.165, 1.54) is 5.57 Å². The number of benzene rings is 2. The maximum Gasteiger partial charge on any atom is 0.530 e. The van der Waals surface area contributed by atoms with Crippen LogP contribution in [0.2, 0.25) is 5.02 Å². The standard InChI is InChI=1S/C27H34ClO5P/c1-3-4-5-9-20-16-24(29)27(22-11-6-8-19(2)15-22)26(17-20)33-34(30)31-14-13-25(32-34)21-10-7-12-23(28)18-21/h7,10,12,15-18,22,25,29H,3-6,8-9,11,13-14H2,1-2H3. The first-order chi connectivity index (χ1) is 16.4. The number of phenols is 1. The fourth-order valence-corrected chi connectivity index (χ4v) is 6.41. The normalized spacial score (nSPS) is 25.1. The van der Waals surface area contributed by atoms with Crippen molar-refractivity contribution in [1.29, 1.82) is 0 Å². The van der Waals surface area contributed by atoms with Crippen molar-refractivity contribution in [2.45, 2.75) is 77.2 Å². The predicted octanol–water partition coefficient (Wildman–Crippen LogP) is 8.66. The highest BCUT2D eigenvalue weighted by Crippen LogP contribution is 2.58. The zero-order valence-electron chi connectivity index (χ0n) is 20.0. The molecule has 0 spiro atoms. The average Bonchev–Trinajstić information content (AvgIpc) is 2.79. The molecule has 34 heavy (non-hydrogen) atoms. The first kappa shape index (κ1) is 25.3. The van der Waals surface area contributed by atoms with E-state index in [-0.39, 0.29) is 18.3 Å². The van der Waals surface area contributed by atoms with Crippen LogP contribution in [-0.4, -0.2) is 11.7 Å². The van der Waals surface area contributed by atoms with Crippen LogP contribution in [0.15, 0.2) is 48.0 Å². The van der Waals surface area contributed by atoms with Gasteiger partial charge in [0.2, 0.25) is 0 Å². The van der Waals surface area contributed by atoms with E-state index in [1.54, 1.807) is 6.07 Å². The quantitative estimate of drug-likeness (QED) is 0.221. The third-order valence-electron chi connectivity index (χ3n) is 6.51. The highest BCUT2D eigenvalue weighted by Gasteiger charge is 2.39. The first-order valence-electron chi connectivity index (χ1n) is 12.3. The lowest BCUT2D eigenvalue weighted by molar-refractivity contribution is 0.0507. The summed E-state index contributed by atoms with van der Waals surface area (Å²) in [6.07, 6.45) is 9.31.